The van der Waals surface area contributed by atoms with Gasteiger partial charge in [-0.05, 0) is 36.8 Å². The van der Waals surface area contributed by atoms with Crippen molar-refractivity contribution < 1.29 is 23.9 Å². The van der Waals surface area contributed by atoms with Crippen LogP contribution < -0.4 is 25.0 Å². The monoisotopic (exact) mass is 397 g/mol. The van der Waals surface area contributed by atoms with Crippen LogP contribution in [-0.2, 0) is 9.59 Å². The summed E-state index contributed by atoms with van der Waals surface area (Å²) in [5.74, 6) is 0.359. The number of anilines is 2. The van der Waals surface area contributed by atoms with Gasteiger partial charge < -0.3 is 25.0 Å². The maximum absolute atomic E-state index is 12.2. The molecule has 8 heteroatoms. The third-order valence-electron chi connectivity index (χ3n) is 4.57. The molecule has 0 bridgehead atoms. The highest BCUT2D eigenvalue weighted by Gasteiger charge is 2.24. The molecule has 0 aliphatic carbocycles. The molecule has 1 fully saturated rings. The van der Waals surface area contributed by atoms with E-state index in [0.29, 0.717) is 41.4 Å². The molecular weight excluding hydrogens is 374 g/mol. The summed E-state index contributed by atoms with van der Waals surface area (Å²) in [4.78, 5) is 38.0. The number of amides is 3. The molecule has 0 unspecified atom stereocenters. The van der Waals surface area contributed by atoms with Gasteiger partial charge in [-0.3, -0.25) is 14.4 Å². The number of nitrogens with zero attached hydrogens (tertiary/aromatic N) is 1. The molecule has 1 heterocycles. The summed E-state index contributed by atoms with van der Waals surface area (Å²) < 4.78 is 10.5. The molecule has 1 aliphatic rings. The summed E-state index contributed by atoms with van der Waals surface area (Å²) >= 11 is 0. The van der Waals surface area contributed by atoms with Crippen molar-refractivity contribution in [1.29, 1.82) is 0 Å². The van der Waals surface area contributed by atoms with Crippen LogP contribution in [0.4, 0.5) is 11.4 Å². The topological polar surface area (TPSA) is 97.0 Å². The second-order valence-corrected chi connectivity index (χ2v) is 6.50. The summed E-state index contributed by atoms with van der Waals surface area (Å²) in [6.07, 6.45) is 1.34. The first-order valence-electron chi connectivity index (χ1n) is 9.22. The fourth-order valence-electron chi connectivity index (χ4n) is 3.11. The molecule has 0 atom stereocenters. The van der Waals surface area contributed by atoms with Crippen LogP contribution in [0.1, 0.15) is 23.2 Å². The Morgan fingerprint density at radius 2 is 1.93 bits per heavy atom. The van der Waals surface area contributed by atoms with E-state index in [1.807, 2.05) is 0 Å². The average Bonchev–Trinajstić information content (AvgIpc) is 3.17. The van der Waals surface area contributed by atoms with E-state index in [-0.39, 0.29) is 24.3 Å². The van der Waals surface area contributed by atoms with Gasteiger partial charge in [0.25, 0.3) is 5.91 Å². The number of hydrogen-bond acceptors (Lipinski definition) is 5. The standard InChI is InChI=1S/C21H23N3O5/c1-28-16-6-3-5-14(11-16)21(27)22-13-19(25)23-15-8-9-17(18(12-15)29-2)24-10-4-7-20(24)26/h3,5-6,8-9,11-12H,4,7,10,13H2,1-2H3,(H,22,27)(H,23,25). The van der Waals surface area contributed by atoms with E-state index in [2.05, 4.69) is 10.6 Å². The lowest BCUT2D eigenvalue weighted by molar-refractivity contribution is -0.117. The minimum Gasteiger partial charge on any atom is -0.497 e. The van der Waals surface area contributed by atoms with Gasteiger partial charge in [-0.2, -0.15) is 0 Å². The normalized spacial score (nSPS) is 13.2. The Hall–Kier alpha value is -3.55. The predicted molar refractivity (Wildman–Crippen MR) is 109 cm³/mol. The van der Waals surface area contributed by atoms with Crippen LogP contribution in [0.2, 0.25) is 0 Å². The second kappa shape index (κ2) is 9.09. The molecule has 2 N–H and O–H groups in total. The zero-order valence-electron chi connectivity index (χ0n) is 16.4. The first-order chi connectivity index (χ1) is 14.0. The third kappa shape index (κ3) is 4.84. The van der Waals surface area contributed by atoms with Gasteiger partial charge in [0.15, 0.2) is 0 Å². The number of carbonyl (C=O) groups excluding carboxylic acids is 3. The molecule has 3 amide bonds. The highest BCUT2D eigenvalue weighted by atomic mass is 16.5. The lowest BCUT2D eigenvalue weighted by Gasteiger charge is -2.19. The quantitative estimate of drug-likeness (QED) is 0.747. The second-order valence-electron chi connectivity index (χ2n) is 6.50. The van der Waals surface area contributed by atoms with Gasteiger partial charge in [-0.15, -0.1) is 0 Å². The molecule has 152 valence electrons. The van der Waals surface area contributed by atoms with E-state index < -0.39 is 0 Å². The van der Waals surface area contributed by atoms with E-state index >= 15 is 0 Å². The molecule has 2 aromatic rings. The fraction of sp³-hybridized carbons (Fsp3) is 0.286. The molecule has 0 spiro atoms. The smallest absolute Gasteiger partial charge is 0.251 e. The highest BCUT2D eigenvalue weighted by molar-refractivity contribution is 6.00. The first-order valence-corrected chi connectivity index (χ1v) is 9.22. The van der Waals surface area contributed by atoms with Crippen LogP contribution in [0, 0.1) is 0 Å². The number of carbonyl (C=O) groups is 3. The van der Waals surface area contributed by atoms with Crippen molar-refractivity contribution >= 4 is 29.1 Å². The third-order valence-corrected chi connectivity index (χ3v) is 4.57. The minimum absolute atomic E-state index is 0.0559. The van der Waals surface area contributed by atoms with Crippen molar-refractivity contribution in [2.24, 2.45) is 0 Å². The number of methoxy groups -OCH3 is 2. The fourth-order valence-corrected chi connectivity index (χ4v) is 3.11. The molecule has 8 nitrogen and oxygen atoms in total. The van der Waals surface area contributed by atoms with E-state index in [1.165, 1.54) is 14.2 Å². The number of hydrogen-bond donors (Lipinski definition) is 2. The zero-order chi connectivity index (χ0) is 20.8. The van der Waals surface area contributed by atoms with Gasteiger partial charge in [0.1, 0.15) is 11.5 Å². The van der Waals surface area contributed by atoms with Gasteiger partial charge in [0.05, 0.1) is 26.5 Å². The minimum atomic E-state index is -0.381. The predicted octanol–water partition coefficient (Wildman–Crippen LogP) is 2.20. The van der Waals surface area contributed by atoms with Crippen molar-refractivity contribution in [3.8, 4) is 11.5 Å². The number of benzene rings is 2. The van der Waals surface area contributed by atoms with E-state index in [4.69, 9.17) is 9.47 Å². The van der Waals surface area contributed by atoms with E-state index in [1.54, 1.807) is 47.4 Å². The maximum atomic E-state index is 12.2. The van der Waals surface area contributed by atoms with Crippen molar-refractivity contribution in [1.82, 2.24) is 5.32 Å². The van der Waals surface area contributed by atoms with Gasteiger partial charge in [-0.1, -0.05) is 6.07 Å². The summed E-state index contributed by atoms with van der Waals surface area (Å²) in [6.45, 7) is 0.460. The summed E-state index contributed by atoms with van der Waals surface area (Å²) in [5.41, 5.74) is 1.59. The molecule has 0 aromatic heterocycles. The Bertz CT molecular complexity index is 928. The SMILES string of the molecule is COc1cccc(C(=O)NCC(=O)Nc2ccc(N3CCCC3=O)c(OC)c2)c1. The van der Waals surface area contributed by atoms with Crippen molar-refractivity contribution in [2.75, 3.05) is 37.5 Å². The van der Waals surface area contributed by atoms with Crippen LogP contribution >= 0.6 is 0 Å². The zero-order valence-corrected chi connectivity index (χ0v) is 16.4. The molecule has 1 aliphatic heterocycles. The lowest BCUT2D eigenvalue weighted by Crippen LogP contribution is -2.32. The number of rotatable bonds is 7. The summed E-state index contributed by atoms with van der Waals surface area (Å²) in [5, 5.41) is 5.28. The van der Waals surface area contributed by atoms with E-state index in [9.17, 15) is 14.4 Å². The van der Waals surface area contributed by atoms with Gasteiger partial charge >= 0.3 is 0 Å². The summed E-state index contributed by atoms with van der Waals surface area (Å²) in [6, 6.07) is 11.8. The van der Waals surface area contributed by atoms with Gasteiger partial charge in [0, 0.05) is 30.3 Å². The lowest BCUT2D eigenvalue weighted by atomic mass is 10.2. The van der Waals surface area contributed by atoms with Crippen LogP contribution in [0.15, 0.2) is 42.5 Å². The van der Waals surface area contributed by atoms with Crippen LogP contribution in [0.25, 0.3) is 0 Å². The molecular formula is C21H23N3O5. The van der Waals surface area contributed by atoms with Crippen LogP contribution in [0.5, 0.6) is 11.5 Å². The number of ether oxygens (including phenoxy) is 2. The van der Waals surface area contributed by atoms with Crippen LogP contribution in [-0.4, -0.2) is 45.0 Å². The van der Waals surface area contributed by atoms with Crippen LogP contribution in [0.3, 0.4) is 0 Å². The molecule has 2 aromatic carbocycles. The molecule has 0 saturated carbocycles. The summed E-state index contributed by atoms with van der Waals surface area (Å²) in [7, 11) is 3.03. The Morgan fingerprint density at radius 3 is 2.62 bits per heavy atom. The van der Waals surface area contributed by atoms with Crippen molar-refractivity contribution in [3.63, 3.8) is 0 Å². The Labute approximate surface area is 168 Å². The van der Waals surface area contributed by atoms with Gasteiger partial charge in [0.2, 0.25) is 11.8 Å². The highest BCUT2D eigenvalue weighted by Crippen LogP contribution is 2.33. The Kier molecular flexibility index (Phi) is 6.33. The molecule has 1 saturated heterocycles. The molecule has 3 rings (SSSR count). The van der Waals surface area contributed by atoms with E-state index in [0.717, 1.165) is 6.42 Å². The average molecular weight is 397 g/mol. The molecule has 0 radical (unpaired) electrons. The maximum Gasteiger partial charge on any atom is 0.251 e. The van der Waals surface area contributed by atoms with Crippen molar-refractivity contribution in [2.45, 2.75) is 12.8 Å². The van der Waals surface area contributed by atoms with Crippen molar-refractivity contribution in [3.05, 3.63) is 48.0 Å². The molecule has 29 heavy (non-hydrogen) atoms. The first kappa shape index (κ1) is 20.2. The largest absolute Gasteiger partial charge is 0.497 e. The Balaban J connectivity index is 1.60. The Morgan fingerprint density at radius 1 is 1.10 bits per heavy atom. The van der Waals surface area contributed by atoms with Gasteiger partial charge in [-0.25, -0.2) is 0 Å². The number of nitrogens with one attached hydrogen (secondary N) is 2.